The minimum atomic E-state index is -1.24. The van der Waals surface area contributed by atoms with Crippen LogP contribution in [0.4, 0.5) is 0 Å². The van der Waals surface area contributed by atoms with Crippen molar-refractivity contribution in [3.63, 3.8) is 0 Å². The van der Waals surface area contributed by atoms with Crippen LogP contribution >= 0.6 is 0 Å². The molecule has 1 heterocycles. The van der Waals surface area contributed by atoms with E-state index in [4.69, 9.17) is 17.2 Å². The number of phenols is 1. The lowest BCUT2D eigenvalue weighted by Crippen LogP contribution is -2.61. The summed E-state index contributed by atoms with van der Waals surface area (Å²) in [6.45, 7) is 11.5. The van der Waals surface area contributed by atoms with Crippen molar-refractivity contribution in [2.24, 2.45) is 39.4 Å². The largest absolute Gasteiger partial charge is 0.508 e. The highest BCUT2D eigenvalue weighted by Crippen LogP contribution is 2.23. The molecule has 2 rings (SSSR count). The molecule has 0 spiro atoms. The van der Waals surface area contributed by atoms with Crippen molar-refractivity contribution in [2.45, 2.75) is 136 Å². The third-order valence-corrected chi connectivity index (χ3v) is 10.4. The summed E-state index contributed by atoms with van der Waals surface area (Å²) in [5.41, 5.74) is 16.3. The zero-order chi connectivity index (χ0) is 42.9. The van der Waals surface area contributed by atoms with Crippen LogP contribution in [0.1, 0.15) is 105 Å². The first kappa shape index (κ1) is 48.2. The van der Waals surface area contributed by atoms with Crippen molar-refractivity contribution < 1.29 is 39.0 Å². The number of phenolic OH excluding ortho intramolecular Hbond substituents is 1. The predicted octanol–water partition coefficient (Wildman–Crippen LogP) is 1.25. The van der Waals surface area contributed by atoms with Crippen molar-refractivity contribution >= 4 is 41.5 Å². The number of nitrogens with one attached hydrogen (secondary N) is 4. The molecule has 0 saturated carbocycles. The summed E-state index contributed by atoms with van der Waals surface area (Å²) < 4.78 is 0. The molecule has 12 N–H and O–H groups in total. The van der Waals surface area contributed by atoms with Crippen molar-refractivity contribution in [2.75, 3.05) is 19.6 Å². The molecule has 57 heavy (non-hydrogen) atoms. The van der Waals surface area contributed by atoms with Crippen LogP contribution in [0.5, 0.6) is 5.75 Å². The lowest BCUT2D eigenvalue weighted by atomic mass is 9.86. The molecule has 7 atom stereocenters. The summed E-state index contributed by atoms with van der Waals surface area (Å²) >= 11 is 0. The third-order valence-electron chi connectivity index (χ3n) is 10.4. The van der Waals surface area contributed by atoms with Gasteiger partial charge in [-0.3, -0.25) is 29.0 Å². The molecule has 0 unspecified atom stereocenters. The van der Waals surface area contributed by atoms with E-state index < -0.39 is 71.1 Å². The number of carboxylic acids is 1. The Morgan fingerprint density at radius 3 is 2.12 bits per heavy atom. The van der Waals surface area contributed by atoms with Gasteiger partial charge in [-0.05, 0) is 74.1 Å². The molecule has 0 aliphatic carbocycles. The Bertz CT molecular complexity index is 1530. The highest BCUT2D eigenvalue weighted by molar-refractivity contribution is 5.96. The Morgan fingerprint density at radius 1 is 0.877 bits per heavy atom. The maximum atomic E-state index is 14.2. The Labute approximate surface area is 336 Å². The van der Waals surface area contributed by atoms with E-state index in [2.05, 4.69) is 26.3 Å². The second kappa shape index (κ2) is 23.3. The molecule has 17 heteroatoms. The second-order valence-corrected chi connectivity index (χ2v) is 16.2. The zero-order valence-corrected chi connectivity index (χ0v) is 34.5. The summed E-state index contributed by atoms with van der Waals surface area (Å²) in [6.07, 6.45) is 5.02. The number of carbonyl (C=O) groups is 6. The molecule has 1 aromatic rings. The van der Waals surface area contributed by atoms with Gasteiger partial charge in [0.05, 0.1) is 0 Å². The Hall–Kier alpha value is -4.93. The predicted molar refractivity (Wildman–Crippen MR) is 217 cm³/mol. The molecular weight excluding hydrogens is 734 g/mol. The quantitative estimate of drug-likeness (QED) is 0.0431. The molecule has 0 radical (unpaired) electrons. The lowest BCUT2D eigenvalue weighted by Gasteiger charge is -2.32. The van der Waals surface area contributed by atoms with E-state index in [0.717, 1.165) is 19.3 Å². The minimum Gasteiger partial charge on any atom is -0.508 e. The van der Waals surface area contributed by atoms with Gasteiger partial charge >= 0.3 is 5.97 Å². The number of carboxylic acid groups (broad SMARTS) is 1. The molecule has 1 saturated heterocycles. The van der Waals surface area contributed by atoms with Gasteiger partial charge in [0.15, 0.2) is 5.96 Å². The number of nitrogens with two attached hydrogens (primary N) is 3. The molecule has 0 bridgehead atoms. The number of aromatic hydroxyl groups is 1. The van der Waals surface area contributed by atoms with Crippen LogP contribution in [0.15, 0.2) is 29.3 Å². The number of carbonyl (C=O) groups excluding carboxylic acids is 5. The van der Waals surface area contributed by atoms with Crippen molar-refractivity contribution in [1.82, 2.24) is 26.2 Å². The second-order valence-electron chi connectivity index (χ2n) is 16.2. The third kappa shape index (κ3) is 15.9. The first-order chi connectivity index (χ1) is 26.8. The van der Waals surface area contributed by atoms with Crippen molar-refractivity contribution in [1.29, 1.82) is 0 Å². The first-order valence-electron chi connectivity index (χ1n) is 20.1. The van der Waals surface area contributed by atoms with Gasteiger partial charge in [-0.1, -0.05) is 72.9 Å². The number of hydrogen-bond acceptors (Lipinski definition) is 9. The molecule has 1 fully saturated rings. The van der Waals surface area contributed by atoms with E-state index in [1.807, 2.05) is 6.92 Å². The molecule has 17 nitrogen and oxygen atoms in total. The number of hydrogen-bond donors (Lipinski definition) is 9. The normalized spacial score (nSPS) is 17.2. The fourth-order valence-electron chi connectivity index (χ4n) is 6.66. The van der Waals surface area contributed by atoms with Gasteiger partial charge in [-0.2, -0.15) is 0 Å². The van der Waals surface area contributed by atoms with Gasteiger partial charge in [0.25, 0.3) is 0 Å². The van der Waals surface area contributed by atoms with Crippen molar-refractivity contribution in [3.05, 3.63) is 29.8 Å². The van der Waals surface area contributed by atoms with Crippen LogP contribution in [0.2, 0.25) is 0 Å². The molecule has 5 amide bonds. The molecule has 1 aliphatic rings. The SMILES string of the molecule is CC[C@H](C)[C@H](NC(=O)[C@H](Cc1ccc(O)cc1)NC(=O)[C@@H]1CCCN1C(=O)[C@H](CCCN=C(N)N)NC(=O)[C@@H](C)CCCCCN)C(=O)N[C@H](C(=O)O)C(C)(C)C. The maximum absolute atomic E-state index is 14.2. The number of benzene rings is 1. The fraction of sp³-hybridized carbons (Fsp3) is 0.675. The number of aliphatic carboxylic acids is 1. The topological polar surface area (TPSA) is 285 Å². The van der Waals surface area contributed by atoms with E-state index in [0.29, 0.717) is 44.2 Å². The fourth-order valence-corrected chi connectivity index (χ4v) is 6.66. The summed E-state index contributed by atoms with van der Waals surface area (Å²) in [5, 5.41) is 30.8. The highest BCUT2D eigenvalue weighted by atomic mass is 16.4. The lowest BCUT2D eigenvalue weighted by molar-refractivity contribution is -0.145. The van der Waals surface area contributed by atoms with Gasteiger partial charge in [-0.15, -0.1) is 0 Å². The average molecular weight is 802 g/mol. The van der Waals surface area contributed by atoms with E-state index in [1.54, 1.807) is 46.8 Å². The standard InChI is InChI=1S/C40H67N9O8/c1-7-24(2)31(36(54)48-32(38(56)57)40(4,5)6)47-34(52)29(23-26-16-18-27(50)19-17-26)46-35(53)30-15-12-22-49(30)37(55)28(14-11-21-44-39(42)43)45-33(51)25(3)13-9-8-10-20-41/h16-19,24-25,28-32,50H,7-15,20-23,41H2,1-6H3,(H,45,51)(H,46,53)(H,47,52)(H,48,54)(H,56,57)(H4,42,43,44)/t24-,25-,28-,29-,30-,31-,32+/m0/s1. The number of amides is 5. The van der Waals surface area contributed by atoms with Crippen LogP contribution in [-0.2, 0) is 35.2 Å². The van der Waals surface area contributed by atoms with Gasteiger partial charge < -0.3 is 53.6 Å². The van der Waals surface area contributed by atoms with E-state index in [-0.39, 0.29) is 49.5 Å². The van der Waals surface area contributed by atoms with Crippen LogP contribution in [0.3, 0.4) is 0 Å². The van der Waals surface area contributed by atoms with Crippen LogP contribution in [-0.4, -0.2) is 106 Å². The van der Waals surface area contributed by atoms with Crippen LogP contribution in [0.25, 0.3) is 0 Å². The smallest absolute Gasteiger partial charge is 0.326 e. The molecule has 0 aromatic heterocycles. The molecule has 1 aromatic carbocycles. The van der Waals surface area contributed by atoms with E-state index in [1.165, 1.54) is 17.0 Å². The summed E-state index contributed by atoms with van der Waals surface area (Å²) in [7, 11) is 0. The van der Waals surface area contributed by atoms with Crippen LogP contribution < -0.4 is 38.5 Å². The maximum Gasteiger partial charge on any atom is 0.326 e. The summed E-state index contributed by atoms with van der Waals surface area (Å²) in [4.78, 5) is 86.7. The molecule has 1 aliphatic heterocycles. The number of aliphatic imine (C=N–C) groups is 1. The molecule has 320 valence electrons. The van der Waals surface area contributed by atoms with Gasteiger partial charge in [0, 0.05) is 25.4 Å². The van der Waals surface area contributed by atoms with Gasteiger partial charge in [0.2, 0.25) is 29.5 Å². The van der Waals surface area contributed by atoms with E-state index >= 15 is 0 Å². The first-order valence-corrected chi connectivity index (χ1v) is 20.1. The number of nitrogens with zero attached hydrogens (tertiary/aromatic N) is 2. The van der Waals surface area contributed by atoms with Gasteiger partial charge in [-0.25, -0.2) is 4.79 Å². The van der Waals surface area contributed by atoms with Gasteiger partial charge in [0.1, 0.15) is 36.0 Å². The Morgan fingerprint density at radius 2 is 1.54 bits per heavy atom. The Kier molecular flexibility index (Phi) is 19.7. The van der Waals surface area contributed by atoms with E-state index in [9.17, 15) is 39.0 Å². The summed E-state index contributed by atoms with van der Waals surface area (Å²) in [6, 6.07) is 0.560. The number of rotatable bonds is 23. The summed E-state index contributed by atoms with van der Waals surface area (Å²) in [5.74, 6) is -4.79. The number of likely N-dealkylation sites (tertiary alicyclic amines) is 1. The monoisotopic (exact) mass is 802 g/mol. The highest BCUT2D eigenvalue weighted by Gasteiger charge is 2.40. The Balaban J connectivity index is 2.37. The zero-order valence-electron chi connectivity index (χ0n) is 34.5. The van der Waals surface area contributed by atoms with Crippen LogP contribution in [0, 0.1) is 17.3 Å². The number of guanidine groups is 1. The van der Waals surface area contributed by atoms with Crippen molar-refractivity contribution in [3.8, 4) is 5.75 Å². The molecular formula is C40H67N9O8. The minimum absolute atomic E-state index is 0.00479. The average Bonchev–Trinajstić information content (AvgIpc) is 3.65. The number of unbranched alkanes of at least 4 members (excludes halogenated alkanes) is 2.